The van der Waals surface area contributed by atoms with Gasteiger partial charge in [0.1, 0.15) is 0 Å². The lowest BCUT2D eigenvalue weighted by molar-refractivity contribution is 0.259. The van der Waals surface area contributed by atoms with Crippen LogP contribution in [-0.4, -0.2) is 28.6 Å². The van der Waals surface area contributed by atoms with Crippen LogP contribution in [0.4, 0.5) is 10.5 Å². The summed E-state index contributed by atoms with van der Waals surface area (Å²) in [5, 5.41) is 8.43. The van der Waals surface area contributed by atoms with Crippen LogP contribution in [0.1, 0.15) is 35.1 Å². The summed E-state index contributed by atoms with van der Waals surface area (Å²) in [6.07, 6.45) is 6.31. The van der Waals surface area contributed by atoms with E-state index in [1.54, 1.807) is 0 Å². The van der Waals surface area contributed by atoms with Crippen molar-refractivity contribution in [1.29, 1.82) is 0 Å². The summed E-state index contributed by atoms with van der Waals surface area (Å²) in [4.78, 5) is 12.2. The molecule has 2 aliphatic rings. The third-order valence-electron chi connectivity index (χ3n) is 4.44. The van der Waals surface area contributed by atoms with Gasteiger partial charge in [0.05, 0.1) is 0 Å². The molecule has 0 fully saturated rings. The average Bonchev–Trinajstić information content (AvgIpc) is 3.05. The van der Waals surface area contributed by atoms with E-state index in [0.717, 1.165) is 44.2 Å². The fraction of sp³-hybridized carbons (Fsp3) is 0.533. The second-order valence-electron chi connectivity index (χ2n) is 6.11. The highest BCUT2D eigenvalue weighted by Gasteiger charge is 2.25. The van der Waals surface area contributed by atoms with Crippen molar-refractivity contribution in [2.45, 2.75) is 38.5 Å². The zero-order chi connectivity index (χ0) is 15.9. The highest BCUT2D eigenvalue weighted by molar-refractivity contribution is 7.89. The van der Waals surface area contributed by atoms with Gasteiger partial charge in [-0.3, -0.25) is 0 Å². The number of carbonyl (C=O) groups excluding carboxylic acids is 1. The summed E-state index contributed by atoms with van der Waals surface area (Å²) in [5.41, 5.74) is 5.99. The summed E-state index contributed by atoms with van der Waals surface area (Å²) >= 11 is 0. The quantitative estimate of drug-likeness (QED) is 0.872. The van der Waals surface area contributed by atoms with Crippen LogP contribution >= 0.6 is 0 Å². The Morgan fingerprint density at radius 1 is 1.18 bits per heavy atom. The fourth-order valence-electron chi connectivity index (χ4n) is 3.30. The third kappa shape index (κ3) is 2.76. The van der Waals surface area contributed by atoms with Gasteiger partial charge in [0.15, 0.2) is 10.1 Å². The lowest BCUT2D eigenvalue weighted by Gasteiger charge is -2.16. The monoisotopic (exact) mass is 322 g/mol. The normalized spacial score (nSPS) is 18.7. The van der Waals surface area contributed by atoms with Crippen molar-refractivity contribution in [2.24, 2.45) is 9.50 Å². The predicted octanol–water partition coefficient (Wildman–Crippen LogP) is 2.01. The molecule has 7 heteroatoms. The molecule has 2 amide bonds. The lowest BCUT2D eigenvalue weighted by Crippen LogP contribution is -2.31. The number of anilines is 1. The summed E-state index contributed by atoms with van der Waals surface area (Å²) < 4.78 is 16.9. The number of carbonyl (C=O) groups is 1. The number of nitrogens with one attached hydrogen (secondary N) is 1. The van der Waals surface area contributed by atoms with Crippen LogP contribution in [0.15, 0.2) is 10.4 Å². The molecule has 0 spiro atoms. The predicted molar refractivity (Wildman–Crippen MR) is 88.0 cm³/mol. The van der Waals surface area contributed by atoms with Gasteiger partial charge in [-0.05, 0) is 60.8 Å². The summed E-state index contributed by atoms with van der Waals surface area (Å²) in [7, 11) is -0.0719. The molecular formula is C15H22N4O2S. The number of amides is 2. The Morgan fingerprint density at radius 2 is 1.73 bits per heavy atom. The van der Waals surface area contributed by atoms with E-state index in [-0.39, 0.29) is 0 Å². The molecule has 1 aromatic carbocycles. The van der Waals surface area contributed by atoms with E-state index in [0.29, 0.717) is 0 Å². The van der Waals surface area contributed by atoms with Crippen molar-refractivity contribution in [3.05, 3.63) is 28.3 Å². The molecule has 0 aromatic heterocycles. The van der Waals surface area contributed by atoms with Crippen LogP contribution in [0.25, 0.3) is 0 Å². The lowest BCUT2D eigenvalue weighted by atomic mass is 9.99. The first kappa shape index (κ1) is 15.5. The minimum Gasteiger partial charge on any atom is -0.305 e. The molecule has 0 bridgehead atoms. The van der Waals surface area contributed by atoms with E-state index < -0.39 is 16.1 Å². The number of fused-ring (bicyclic) bond motifs is 2. The molecule has 120 valence electrons. The smallest absolute Gasteiger partial charge is 0.305 e. The van der Waals surface area contributed by atoms with E-state index >= 15 is 0 Å². The minimum atomic E-state index is -3.15. The van der Waals surface area contributed by atoms with Crippen LogP contribution in [-0.2, 0) is 35.8 Å². The van der Waals surface area contributed by atoms with Crippen molar-refractivity contribution < 1.29 is 9.00 Å². The molecular weight excluding hydrogens is 300 g/mol. The number of nitrogens with two attached hydrogens (primary N) is 1. The van der Waals surface area contributed by atoms with Crippen LogP contribution in [0, 0.1) is 0 Å². The zero-order valence-electron chi connectivity index (χ0n) is 13.0. The van der Waals surface area contributed by atoms with Gasteiger partial charge in [-0.1, -0.05) is 6.07 Å². The molecule has 0 aliphatic heterocycles. The molecule has 22 heavy (non-hydrogen) atoms. The average molecular weight is 322 g/mol. The van der Waals surface area contributed by atoms with Gasteiger partial charge in [0.2, 0.25) is 0 Å². The number of hydrogen-bond acceptors (Lipinski definition) is 2. The number of urea groups is 1. The van der Waals surface area contributed by atoms with Gasteiger partial charge < -0.3 is 5.32 Å². The molecule has 0 radical (unpaired) electrons. The number of nitrogens with zero attached hydrogens (tertiary/aromatic N) is 2. The largest absolute Gasteiger partial charge is 0.355 e. The molecule has 0 heterocycles. The van der Waals surface area contributed by atoms with Gasteiger partial charge in [0, 0.05) is 19.8 Å². The molecule has 0 saturated carbocycles. The molecule has 0 saturated heterocycles. The first-order valence-electron chi connectivity index (χ1n) is 7.58. The Balaban J connectivity index is 1.97. The van der Waals surface area contributed by atoms with Gasteiger partial charge in [-0.25, -0.2) is 18.4 Å². The molecule has 1 atom stereocenters. The second kappa shape index (κ2) is 5.64. The highest BCUT2D eigenvalue weighted by Crippen LogP contribution is 2.38. The van der Waals surface area contributed by atoms with Crippen molar-refractivity contribution in [3.63, 3.8) is 0 Å². The number of rotatable bonds is 2. The topological polar surface area (TPSA) is 87.8 Å². The van der Waals surface area contributed by atoms with Crippen molar-refractivity contribution in [3.8, 4) is 0 Å². The standard InChI is InChI=1S/C15H22N4O2S/c1-19(2)22(16,21)18-15(20)17-14-12-7-3-5-10(12)9-11-6-4-8-13(11)14/h9H,3-8H2,1-2H3,(H3,16,17,18,20,21). The Kier molecular flexibility index (Phi) is 3.96. The van der Waals surface area contributed by atoms with E-state index in [4.69, 9.17) is 5.14 Å². The Bertz CT molecular complexity index is 716. The maximum absolute atomic E-state index is 12.2. The Morgan fingerprint density at radius 3 is 2.23 bits per heavy atom. The van der Waals surface area contributed by atoms with Crippen molar-refractivity contribution >= 4 is 21.8 Å². The molecule has 1 aromatic rings. The summed E-state index contributed by atoms with van der Waals surface area (Å²) in [6.45, 7) is 0. The second-order valence-corrected chi connectivity index (χ2v) is 8.09. The van der Waals surface area contributed by atoms with Crippen molar-refractivity contribution in [1.82, 2.24) is 4.31 Å². The first-order valence-corrected chi connectivity index (χ1v) is 9.12. The number of aryl methyl sites for hydroxylation is 2. The number of benzene rings is 1. The van der Waals surface area contributed by atoms with E-state index in [1.807, 2.05) is 0 Å². The Hall–Kier alpha value is -1.44. The van der Waals surface area contributed by atoms with Gasteiger partial charge in [-0.15, -0.1) is 4.36 Å². The third-order valence-corrected chi connectivity index (χ3v) is 5.92. The fourth-order valence-corrected chi connectivity index (χ4v) is 3.74. The van der Waals surface area contributed by atoms with Crippen LogP contribution < -0.4 is 10.5 Å². The number of hydrogen-bond donors (Lipinski definition) is 2. The van der Waals surface area contributed by atoms with E-state index in [1.165, 1.54) is 40.7 Å². The molecule has 3 N–H and O–H groups in total. The molecule has 1 unspecified atom stereocenters. The van der Waals surface area contributed by atoms with Crippen LogP contribution in [0.3, 0.4) is 0 Å². The van der Waals surface area contributed by atoms with Gasteiger partial charge in [-0.2, -0.15) is 0 Å². The van der Waals surface area contributed by atoms with E-state index in [2.05, 4.69) is 15.7 Å². The minimum absolute atomic E-state index is 0.629. The van der Waals surface area contributed by atoms with Crippen molar-refractivity contribution in [2.75, 3.05) is 19.4 Å². The molecule has 2 aliphatic carbocycles. The van der Waals surface area contributed by atoms with Crippen LogP contribution in [0.5, 0.6) is 0 Å². The Labute approximate surface area is 131 Å². The maximum atomic E-state index is 12.2. The van der Waals surface area contributed by atoms with Gasteiger partial charge in [0.25, 0.3) is 0 Å². The highest BCUT2D eigenvalue weighted by atomic mass is 32.2. The van der Waals surface area contributed by atoms with Gasteiger partial charge >= 0.3 is 6.03 Å². The summed E-state index contributed by atoms with van der Waals surface area (Å²) in [6, 6.07) is 1.67. The van der Waals surface area contributed by atoms with E-state index in [9.17, 15) is 9.00 Å². The molecule has 3 rings (SSSR count). The van der Waals surface area contributed by atoms with Crippen LogP contribution in [0.2, 0.25) is 0 Å². The zero-order valence-corrected chi connectivity index (χ0v) is 13.8. The maximum Gasteiger partial charge on any atom is 0.355 e. The summed E-state index contributed by atoms with van der Waals surface area (Å²) in [5.74, 6) is 0. The SMILES string of the molecule is CN(C)S(N)(=O)=NC(=O)Nc1c2c(cc3c1CCC3)CCC2. The first-order chi connectivity index (χ1) is 10.4. The molecule has 6 nitrogen and oxygen atoms in total.